The van der Waals surface area contributed by atoms with Crippen LogP contribution in [0.5, 0.6) is 11.5 Å². The van der Waals surface area contributed by atoms with Gasteiger partial charge in [-0.05, 0) is 43.2 Å². The largest absolute Gasteiger partial charge is 0.493 e. The molecule has 0 radical (unpaired) electrons. The molecule has 1 fully saturated rings. The Balaban J connectivity index is 1.58. The van der Waals surface area contributed by atoms with Crippen LogP contribution in [0.25, 0.3) is 0 Å². The molecule has 2 aromatic rings. The van der Waals surface area contributed by atoms with Crippen LogP contribution < -0.4 is 20.1 Å². The number of hydrogen-bond donors (Lipinski definition) is 2. The molecule has 0 aliphatic carbocycles. The zero-order chi connectivity index (χ0) is 18.4. The average molecular weight is 358 g/mol. The highest BCUT2D eigenvalue weighted by molar-refractivity contribution is 6.04. The van der Waals surface area contributed by atoms with Crippen LogP contribution in [0.15, 0.2) is 30.3 Å². The van der Waals surface area contributed by atoms with Crippen LogP contribution in [-0.2, 0) is 4.74 Å². The number of hydrogen-bond acceptors (Lipinski definition) is 7. The van der Waals surface area contributed by atoms with Gasteiger partial charge >= 0.3 is 0 Å². The summed E-state index contributed by atoms with van der Waals surface area (Å²) >= 11 is 0. The van der Waals surface area contributed by atoms with E-state index in [2.05, 4.69) is 20.8 Å². The SMILES string of the molecule is COc1ccc(C(=O)Nc2ccc(NCC3CCCO3)nn2)cc1OC. The topological polar surface area (TPSA) is 94.6 Å². The Morgan fingerprint density at radius 1 is 1.15 bits per heavy atom. The van der Waals surface area contributed by atoms with Crippen LogP contribution in [0.1, 0.15) is 23.2 Å². The maximum absolute atomic E-state index is 12.4. The molecular weight excluding hydrogens is 336 g/mol. The van der Waals surface area contributed by atoms with Crippen LogP contribution in [0.2, 0.25) is 0 Å². The van der Waals surface area contributed by atoms with Crippen molar-refractivity contribution < 1.29 is 19.0 Å². The minimum absolute atomic E-state index is 0.223. The summed E-state index contributed by atoms with van der Waals surface area (Å²) in [6.07, 6.45) is 2.38. The minimum atomic E-state index is -0.305. The molecule has 1 amide bonds. The van der Waals surface area contributed by atoms with Crippen molar-refractivity contribution in [1.29, 1.82) is 0 Å². The highest BCUT2D eigenvalue weighted by Gasteiger charge is 2.15. The number of ether oxygens (including phenoxy) is 3. The highest BCUT2D eigenvalue weighted by atomic mass is 16.5. The molecule has 0 spiro atoms. The van der Waals surface area contributed by atoms with Gasteiger partial charge in [-0.25, -0.2) is 0 Å². The van der Waals surface area contributed by atoms with E-state index in [1.807, 2.05) is 0 Å². The second kappa shape index (κ2) is 8.48. The first-order valence-electron chi connectivity index (χ1n) is 8.42. The Morgan fingerprint density at radius 3 is 2.58 bits per heavy atom. The number of nitrogens with zero attached hydrogens (tertiary/aromatic N) is 2. The Morgan fingerprint density at radius 2 is 1.92 bits per heavy atom. The van der Waals surface area contributed by atoms with Crippen LogP contribution in [0.4, 0.5) is 11.6 Å². The number of methoxy groups -OCH3 is 2. The third-order valence-electron chi connectivity index (χ3n) is 4.09. The van der Waals surface area contributed by atoms with E-state index in [4.69, 9.17) is 14.2 Å². The lowest BCUT2D eigenvalue weighted by Crippen LogP contribution is -2.19. The number of benzene rings is 1. The summed E-state index contributed by atoms with van der Waals surface area (Å²) in [5.41, 5.74) is 0.435. The van der Waals surface area contributed by atoms with Gasteiger partial charge in [0.1, 0.15) is 5.82 Å². The van der Waals surface area contributed by atoms with Gasteiger partial charge in [0.05, 0.1) is 20.3 Å². The highest BCUT2D eigenvalue weighted by Crippen LogP contribution is 2.27. The molecule has 2 N–H and O–H groups in total. The molecule has 1 atom stereocenters. The van der Waals surface area contributed by atoms with Crippen molar-refractivity contribution in [2.24, 2.45) is 0 Å². The lowest BCUT2D eigenvalue weighted by Gasteiger charge is -2.11. The van der Waals surface area contributed by atoms with Crippen molar-refractivity contribution in [3.8, 4) is 11.5 Å². The number of anilines is 2. The second-order valence-corrected chi connectivity index (χ2v) is 5.84. The standard InChI is InChI=1S/C18H22N4O4/c1-24-14-6-5-12(10-15(14)25-2)18(23)20-17-8-7-16(21-22-17)19-11-13-4-3-9-26-13/h5-8,10,13H,3-4,9,11H2,1-2H3,(H,19,21)(H,20,22,23). The lowest BCUT2D eigenvalue weighted by atomic mass is 10.2. The molecule has 0 bridgehead atoms. The Hall–Kier alpha value is -2.87. The van der Waals surface area contributed by atoms with Crippen LogP contribution in [0.3, 0.4) is 0 Å². The number of nitrogens with one attached hydrogen (secondary N) is 2. The van der Waals surface area contributed by atoms with E-state index in [0.29, 0.717) is 35.2 Å². The van der Waals surface area contributed by atoms with Crippen LogP contribution in [-0.4, -0.2) is 49.6 Å². The second-order valence-electron chi connectivity index (χ2n) is 5.84. The molecule has 8 nitrogen and oxygen atoms in total. The predicted octanol–water partition coefficient (Wildman–Crippen LogP) is 2.34. The van der Waals surface area contributed by atoms with Crippen molar-refractivity contribution in [2.75, 3.05) is 38.0 Å². The number of carbonyl (C=O) groups is 1. The first-order chi connectivity index (χ1) is 12.7. The van der Waals surface area contributed by atoms with Gasteiger partial charge in [-0.1, -0.05) is 0 Å². The Bertz CT molecular complexity index is 745. The molecule has 138 valence electrons. The molecule has 1 aliphatic rings. The van der Waals surface area contributed by atoms with E-state index in [-0.39, 0.29) is 12.0 Å². The molecule has 2 heterocycles. The maximum atomic E-state index is 12.4. The summed E-state index contributed by atoms with van der Waals surface area (Å²) in [6, 6.07) is 8.41. The molecule has 3 rings (SSSR count). The normalized spacial score (nSPS) is 16.2. The fourth-order valence-corrected chi connectivity index (χ4v) is 2.68. The van der Waals surface area contributed by atoms with Crippen molar-refractivity contribution in [3.63, 3.8) is 0 Å². The van der Waals surface area contributed by atoms with E-state index < -0.39 is 0 Å². The average Bonchev–Trinajstić information content (AvgIpc) is 3.20. The molecule has 1 saturated heterocycles. The maximum Gasteiger partial charge on any atom is 0.257 e. The lowest BCUT2D eigenvalue weighted by molar-refractivity contribution is 0.102. The third-order valence-corrected chi connectivity index (χ3v) is 4.09. The Labute approximate surface area is 151 Å². The van der Waals surface area contributed by atoms with Crippen LogP contribution in [0, 0.1) is 0 Å². The van der Waals surface area contributed by atoms with Gasteiger partial charge in [0.25, 0.3) is 5.91 Å². The summed E-state index contributed by atoms with van der Waals surface area (Å²) in [6.45, 7) is 1.52. The van der Waals surface area contributed by atoms with E-state index >= 15 is 0 Å². The van der Waals surface area contributed by atoms with E-state index in [9.17, 15) is 4.79 Å². The van der Waals surface area contributed by atoms with Crippen molar-refractivity contribution in [2.45, 2.75) is 18.9 Å². The number of aromatic nitrogens is 2. The first-order valence-corrected chi connectivity index (χ1v) is 8.42. The summed E-state index contributed by atoms with van der Waals surface area (Å²) in [7, 11) is 3.06. The van der Waals surface area contributed by atoms with E-state index in [0.717, 1.165) is 19.4 Å². The van der Waals surface area contributed by atoms with Gasteiger partial charge in [0.15, 0.2) is 17.3 Å². The molecule has 1 aromatic carbocycles. The predicted molar refractivity (Wildman–Crippen MR) is 97.0 cm³/mol. The van der Waals surface area contributed by atoms with E-state index in [1.165, 1.54) is 7.11 Å². The molecule has 8 heteroatoms. The number of carbonyl (C=O) groups excluding carboxylic acids is 1. The minimum Gasteiger partial charge on any atom is -0.493 e. The summed E-state index contributed by atoms with van der Waals surface area (Å²) in [4.78, 5) is 12.4. The summed E-state index contributed by atoms with van der Waals surface area (Å²) < 4.78 is 15.9. The molecule has 0 saturated carbocycles. The van der Waals surface area contributed by atoms with Gasteiger partial charge in [-0.2, -0.15) is 0 Å². The zero-order valence-corrected chi connectivity index (χ0v) is 14.8. The van der Waals surface area contributed by atoms with Crippen molar-refractivity contribution in [3.05, 3.63) is 35.9 Å². The van der Waals surface area contributed by atoms with Crippen molar-refractivity contribution in [1.82, 2.24) is 10.2 Å². The molecule has 26 heavy (non-hydrogen) atoms. The number of rotatable bonds is 7. The van der Waals surface area contributed by atoms with Crippen LogP contribution >= 0.6 is 0 Å². The smallest absolute Gasteiger partial charge is 0.257 e. The number of amides is 1. The molecule has 1 aliphatic heterocycles. The van der Waals surface area contributed by atoms with Gasteiger partial charge < -0.3 is 24.8 Å². The third kappa shape index (κ3) is 4.40. The fourth-order valence-electron chi connectivity index (χ4n) is 2.68. The van der Waals surface area contributed by atoms with E-state index in [1.54, 1.807) is 37.4 Å². The molecule has 1 aromatic heterocycles. The fraction of sp³-hybridized carbons (Fsp3) is 0.389. The summed E-state index contributed by atoms with van der Waals surface area (Å²) in [5.74, 6) is 1.75. The van der Waals surface area contributed by atoms with Crippen molar-refractivity contribution >= 4 is 17.5 Å². The monoisotopic (exact) mass is 358 g/mol. The molecular formula is C18H22N4O4. The zero-order valence-electron chi connectivity index (χ0n) is 14.8. The molecule has 1 unspecified atom stereocenters. The Kier molecular flexibility index (Phi) is 5.85. The van der Waals surface area contributed by atoms with Gasteiger partial charge in [-0.15, -0.1) is 10.2 Å². The van der Waals surface area contributed by atoms with Gasteiger partial charge in [0, 0.05) is 18.7 Å². The quantitative estimate of drug-likeness (QED) is 0.784. The summed E-state index contributed by atoms with van der Waals surface area (Å²) in [5, 5.41) is 14.0. The van der Waals surface area contributed by atoms with Gasteiger partial charge in [-0.3, -0.25) is 4.79 Å². The van der Waals surface area contributed by atoms with Gasteiger partial charge in [0.2, 0.25) is 0 Å². The first kappa shape index (κ1) is 17.9.